The van der Waals surface area contributed by atoms with Gasteiger partial charge >= 0.3 is 0 Å². The van der Waals surface area contributed by atoms with E-state index in [9.17, 15) is 0 Å². The Labute approximate surface area is 151 Å². The summed E-state index contributed by atoms with van der Waals surface area (Å²) in [6.45, 7) is 4.71. The third kappa shape index (κ3) is 6.24. The van der Waals surface area contributed by atoms with Gasteiger partial charge in [0.15, 0.2) is 0 Å². The molecule has 0 saturated heterocycles. The fourth-order valence-electron chi connectivity index (χ4n) is 3.05. The number of ether oxygens (including phenoxy) is 1. The van der Waals surface area contributed by atoms with E-state index in [2.05, 4.69) is 80.2 Å². The fraction of sp³-hybridized carbons (Fsp3) is 0.455. The highest BCUT2D eigenvalue weighted by Crippen LogP contribution is 2.30. The minimum absolute atomic E-state index is 0.715. The molecular weight excluding hydrogens is 312 g/mol. The lowest BCUT2D eigenvalue weighted by atomic mass is 9.97. The molecule has 0 N–H and O–H groups in total. The van der Waals surface area contributed by atoms with Crippen molar-refractivity contribution in [3.63, 3.8) is 0 Å². The molecule has 0 unspecified atom stereocenters. The molecule has 0 aliphatic carbocycles. The minimum atomic E-state index is 0.715. The first-order valence-corrected chi connectivity index (χ1v) is 10.1. The van der Waals surface area contributed by atoms with Crippen molar-refractivity contribution in [3.05, 3.63) is 65.7 Å². The van der Waals surface area contributed by atoms with Gasteiger partial charge < -0.3 is 4.74 Å². The van der Waals surface area contributed by atoms with Crippen LogP contribution in [0, 0.1) is 5.92 Å². The first-order valence-electron chi connectivity index (χ1n) is 9.01. The number of thioether (sulfide) groups is 1. The van der Waals surface area contributed by atoms with Gasteiger partial charge in [0.2, 0.25) is 0 Å². The first-order chi connectivity index (χ1) is 11.7. The zero-order valence-corrected chi connectivity index (χ0v) is 16.0. The summed E-state index contributed by atoms with van der Waals surface area (Å²) < 4.78 is 5.25. The molecule has 2 rings (SSSR count). The van der Waals surface area contributed by atoms with Crippen molar-refractivity contribution < 1.29 is 4.74 Å². The zero-order chi connectivity index (χ0) is 17.2. The molecule has 2 atom stereocenters. The zero-order valence-electron chi connectivity index (χ0n) is 15.2. The number of rotatable bonds is 10. The second-order valence-electron chi connectivity index (χ2n) is 6.49. The third-order valence-corrected chi connectivity index (χ3v) is 6.19. The third-order valence-electron chi connectivity index (χ3n) is 4.56. The number of hydrogen-bond acceptors (Lipinski definition) is 2. The van der Waals surface area contributed by atoms with Crippen molar-refractivity contribution >= 4 is 11.8 Å². The van der Waals surface area contributed by atoms with Gasteiger partial charge in [-0.2, -0.15) is 11.8 Å². The molecule has 1 nitrogen and oxygen atoms in total. The molecule has 24 heavy (non-hydrogen) atoms. The maximum Gasteiger partial charge on any atom is 0.118 e. The van der Waals surface area contributed by atoms with E-state index in [4.69, 9.17) is 4.74 Å². The fourth-order valence-corrected chi connectivity index (χ4v) is 4.40. The highest BCUT2D eigenvalue weighted by Gasteiger charge is 2.17. The van der Waals surface area contributed by atoms with Crippen LogP contribution in [-0.2, 0) is 12.2 Å². The van der Waals surface area contributed by atoms with Gasteiger partial charge in [0, 0.05) is 11.0 Å². The van der Waals surface area contributed by atoms with Crippen LogP contribution in [0.4, 0.5) is 0 Å². The Morgan fingerprint density at radius 1 is 0.917 bits per heavy atom. The van der Waals surface area contributed by atoms with E-state index in [0.29, 0.717) is 5.25 Å². The second-order valence-corrected chi connectivity index (χ2v) is 7.72. The van der Waals surface area contributed by atoms with Gasteiger partial charge in [-0.1, -0.05) is 62.7 Å². The largest absolute Gasteiger partial charge is 0.497 e. The van der Waals surface area contributed by atoms with Crippen LogP contribution in [0.15, 0.2) is 54.6 Å². The Morgan fingerprint density at radius 2 is 1.62 bits per heavy atom. The molecule has 0 spiro atoms. The molecule has 0 heterocycles. The van der Waals surface area contributed by atoms with E-state index in [1.165, 1.54) is 36.8 Å². The van der Waals surface area contributed by atoms with Crippen LogP contribution in [0.2, 0.25) is 0 Å². The summed E-state index contributed by atoms with van der Waals surface area (Å²) in [5, 5.41) is 0.715. The summed E-state index contributed by atoms with van der Waals surface area (Å²) in [6.07, 6.45) is 5.02. The van der Waals surface area contributed by atoms with Gasteiger partial charge in [0.1, 0.15) is 5.75 Å². The molecule has 0 amide bonds. The molecule has 2 heteroatoms. The molecule has 2 aromatic carbocycles. The summed E-state index contributed by atoms with van der Waals surface area (Å²) in [7, 11) is 1.72. The van der Waals surface area contributed by atoms with E-state index >= 15 is 0 Å². The maximum atomic E-state index is 5.25. The first kappa shape index (κ1) is 18.9. The molecule has 130 valence electrons. The molecule has 0 bridgehead atoms. The van der Waals surface area contributed by atoms with Gasteiger partial charge in [-0.05, 0) is 48.4 Å². The average Bonchev–Trinajstić information content (AvgIpc) is 2.63. The van der Waals surface area contributed by atoms with Crippen molar-refractivity contribution in [2.75, 3.05) is 7.11 Å². The summed E-state index contributed by atoms with van der Waals surface area (Å²) in [6, 6.07) is 19.4. The second kappa shape index (κ2) is 10.5. The van der Waals surface area contributed by atoms with Crippen molar-refractivity contribution in [1.82, 2.24) is 0 Å². The summed E-state index contributed by atoms with van der Waals surface area (Å²) >= 11 is 2.11. The van der Waals surface area contributed by atoms with E-state index in [0.717, 1.165) is 17.4 Å². The predicted molar refractivity (Wildman–Crippen MR) is 107 cm³/mol. The maximum absolute atomic E-state index is 5.25. The van der Waals surface area contributed by atoms with E-state index < -0.39 is 0 Å². The summed E-state index contributed by atoms with van der Waals surface area (Å²) in [5.41, 5.74) is 2.84. The Bertz CT molecular complexity index is 564. The quantitative estimate of drug-likeness (QED) is 0.496. The summed E-state index contributed by atoms with van der Waals surface area (Å²) in [4.78, 5) is 0. The molecule has 0 fully saturated rings. The van der Waals surface area contributed by atoms with Gasteiger partial charge in [-0.15, -0.1) is 0 Å². The van der Waals surface area contributed by atoms with Crippen LogP contribution in [0.5, 0.6) is 5.75 Å². The van der Waals surface area contributed by atoms with Crippen molar-refractivity contribution in [2.24, 2.45) is 5.92 Å². The van der Waals surface area contributed by atoms with E-state index in [1.54, 1.807) is 7.11 Å². The van der Waals surface area contributed by atoms with Crippen LogP contribution in [0.25, 0.3) is 0 Å². The topological polar surface area (TPSA) is 9.23 Å². The number of methoxy groups -OCH3 is 1. The van der Waals surface area contributed by atoms with Gasteiger partial charge in [0.05, 0.1) is 7.11 Å². The van der Waals surface area contributed by atoms with Gasteiger partial charge in [0.25, 0.3) is 0 Å². The van der Waals surface area contributed by atoms with Crippen molar-refractivity contribution in [2.45, 2.75) is 50.5 Å². The summed E-state index contributed by atoms with van der Waals surface area (Å²) in [5.74, 6) is 2.78. The molecule has 2 aromatic rings. The Hall–Kier alpha value is -1.41. The van der Waals surface area contributed by atoms with Crippen LogP contribution < -0.4 is 4.74 Å². The number of benzene rings is 2. The van der Waals surface area contributed by atoms with Crippen molar-refractivity contribution in [3.8, 4) is 5.75 Å². The molecule has 0 saturated carbocycles. The van der Waals surface area contributed by atoms with Gasteiger partial charge in [-0.3, -0.25) is 0 Å². The lowest BCUT2D eigenvalue weighted by Crippen LogP contribution is -2.16. The predicted octanol–water partition coefficient (Wildman–Crippen LogP) is 6.37. The van der Waals surface area contributed by atoms with Gasteiger partial charge in [-0.25, -0.2) is 0 Å². The molecule has 0 aliphatic rings. The molecule has 0 aliphatic heterocycles. The number of hydrogen-bond donors (Lipinski definition) is 0. The number of aryl methyl sites for hydroxylation is 1. The Kier molecular flexibility index (Phi) is 8.24. The average molecular weight is 343 g/mol. The standard InChI is InChI=1S/C22H30OS/c1-4-8-18(2)22(16-13-19-9-6-5-7-10-19)24-17-20-11-14-21(23-3)15-12-20/h5-7,9-12,14-15,18,22H,4,8,13,16-17H2,1-3H3/t18-,22-/m1/s1. The van der Waals surface area contributed by atoms with Crippen LogP contribution >= 0.6 is 11.8 Å². The minimum Gasteiger partial charge on any atom is -0.497 e. The smallest absolute Gasteiger partial charge is 0.118 e. The van der Waals surface area contributed by atoms with Crippen LogP contribution in [0.1, 0.15) is 44.2 Å². The highest BCUT2D eigenvalue weighted by molar-refractivity contribution is 7.99. The Morgan fingerprint density at radius 3 is 2.25 bits per heavy atom. The monoisotopic (exact) mass is 342 g/mol. The lowest BCUT2D eigenvalue weighted by molar-refractivity contribution is 0.414. The normalized spacial score (nSPS) is 13.5. The van der Waals surface area contributed by atoms with Crippen LogP contribution in [-0.4, -0.2) is 12.4 Å². The SMILES string of the molecule is CCC[C@@H](C)[C@@H](CCc1ccccc1)SCc1ccc(OC)cc1. The van der Waals surface area contributed by atoms with E-state index in [1.807, 2.05) is 0 Å². The van der Waals surface area contributed by atoms with Crippen molar-refractivity contribution in [1.29, 1.82) is 0 Å². The molecule has 0 radical (unpaired) electrons. The van der Waals surface area contributed by atoms with E-state index in [-0.39, 0.29) is 0 Å². The lowest BCUT2D eigenvalue weighted by Gasteiger charge is -2.23. The Balaban J connectivity index is 1.91. The highest BCUT2D eigenvalue weighted by atomic mass is 32.2. The molecular formula is C22H30OS. The van der Waals surface area contributed by atoms with Crippen LogP contribution in [0.3, 0.4) is 0 Å². The molecule has 0 aromatic heterocycles.